The molecule has 0 heterocycles. The second-order valence-corrected chi connectivity index (χ2v) is 10.0. The zero-order valence-electron chi connectivity index (χ0n) is 18.0. The fourth-order valence-electron chi connectivity index (χ4n) is 5.02. The van der Waals surface area contributed by atoms with Crippen LogP contribution in [0.25, 0.3) is 11.6 Å². The first kappa shape index (κ1) is 18.5. The van der Waals surface area contributed by atoms with Gasteiger partial charge in [-0.2, -0.15) is 0 Å². The first-order chi connectivity index (χ1) is 12.7. The summed E-state index contributed by atoms with van der Waals surface area (Å²) < 4.78 is 0. The van der Waals surface area contributed by atoms with Crippen LogP contribution in [-0.4, -0.2) is 0 Å². The highest BCUT2D eigenvalue weighted by atomic mass is 14.4. The van der Waals surface area contributed by atoms with Crippen molar-refractivity contribution in [2.75, 3.05) is 0 Å². The molecule has 0 saturated carbocycles. The molecule has 2 aliphatic carbocycles. The van der Waals surface area contributed by atoms with Crippen LogP contribution in [0.4, 0.5) is 0 Å². The van der Waals surface area contributed by atoms with Crippen LogP contribution < -0.4 is 0 Å². The first-order valence-corrected chi connectivity index (χ1v) is 10.7. The molecule has 0 fully saturated rings. The highest BCUT2D eigenvalue weighted by molar-refractivity contribution is 5.86. The van der Waals surface area contributed by atoms with E-state index in [1.807, 2.05) is 0 Å². The highest BCUT2D eigenvalue weighted by Crippen LogP contribution is 2.47. The number of hydrogen-bond acceptors (Lipinski definition) is 0. The molecule has 0 aliphatic heterocycles. The maximum Gasteiger partial charge on any atom is -0.0100 e. The summed E-state index contributed by atoms with van der Waals surface area (Å²) in [5, 5.41) is 0. The van der Waals surface area contributed by atoms with Gasteiger partial charge in [0.15, 0.2) is 0 Å². The third-order valence-corrected chi connectivity index (χ3v) is 7.16. The summed E-state index contributed by atoms with van der Waals surface area (Å²) in [6, 6.07) is 12.1. The summed E-state index contributed by atoms with van der Waals surface area (Å²) in [4.78, 5) is 0. The van der Waals surface area contributed by atoms with Gasteiger partial charge in [-0.25, -0.2) is 0 Å². The molecule has 0 aromatic heterocycles. The van der Waals surface area contributed by atoms with Crippen molar-refractivity contribution in [2.24, 2.45) is 0 Å². The average molecular weight is 359 g/mol. The number of aryl methyl sites for hydroxylation is 3. The van der Waals surface area contributed by atoms with Gasteiger partial charge in [0.2, 0.25) is 0 Å². The highest BCUT2D eigenvalue weighted by Gasteiger charge is 2.37. The molecule has 2 aromatic carbocycles. The van der Waals surface area contributed by atoms with Gasteiger partial charge in [0, 0.05) is 0 Å². The summed E-state index contributed by atoms with van der Waals surface area (Å²) in [5.41, 5.74) is 12.5. The molecule has 0 saturated heterocycles. The van der Waals surface area contributed by atoms with Crippen LogP contribution in [-0.2, 0) is 23.7 Å². The van der Waals surface area contributed by atoms with Crippen molar-refractivity contribution in [3.63, 3.8) is 0 Å². The predicted molar refractivity (Wildman–Crippen MR) is 118 cm³/mol. The number of fused-ring (bicyclic) bond motifs is 2. The third kappa shape index (κ3) is 3.18. The lowest BCUT2D eigenvalue weighted by atomic mass is 9.62. The van der Waals surface area contributed by atoms with Gasteiger partial charge < -0.3 is 0 Å². The summed E-state index contributed by atoms with van der Waals surface area (Å²) in [5.74, 6) is 0. The Hall–Kier alpha value is -1.82. The number of allylic oxidation sites excluding steroid dienone is 1. The second-order valence-electron chi connectivity index (χ2n) is 10.0. The van der Waals surface area contributed by atoms with Crippen LogP contribution in [0.15, 0.2) is 30.3 Å². The average Bonchev–Trinajstić information content (AvgIpc) is 3.02. The zero-order chi connectivity index (χ0) is 19.4. The van der Waals surface area contributed by atoms with E-state index in [2.05, 4.69) is 78.0 Å². The molecule has 0 heteroatoms. The Bertz CT molecular complexity index is 921. The normalized spacial score (nSPS) is 21.2. The van der Waals surface area contributed by atoms with Gasteiger partial charge in [-0.15, -0.1) is 0 Å². The molecule has 2 aliphatic rings. The van der Waals surface area contributed by atoms with Crippen molar-refractivity contribution in [3.05, 3.63) is 69.3 Å². The molecule has 0 bridgehead atoms. The van der Waals surface area contributed by atoms with Crippen LogP contribution >= 0.6 is 0 Å². The van der Waals surface area contributed by atoms with E-state index < -0.39 is 0 Å². The van der Waals surface area contributed by atoms with E-state index in [-0.39, 0.29) is 10.8 Å². The first-order valence-electron chi connectivity index (χ1n) is 10.7. The van der Waals surface area contributed by atoms with Gasteiger partial charge in [-0.05, 0) is 94.4 Å². The zero-order valence-corrected chi connectivity index (χ0v) is 18.0. The van der Waals surface area contributed by atoms with Crippen LogP contribution in [0.5, 0.6) is 0 Å². The molecule has 0 nitrogen and oxygen atoms in total. The van der Waals surface area contributed by atoms with Crippen molar-refractivity contribution in [1.82, 2.24) is 0 Å². The van der Waals surface area contributed by atoms with Gasteiger partial charge in [-0.3, -0.25) is 0 Å². The van der Waals surface area contributed by atoms with Crippen molar-refractivity contribution >= 4 is 11.6 Å². The molecule has 0 unspecified atom stereocenters. The Morgan fingerprint density at radius 2 is 1.56 bits per heavy atom. The standard InChI is InChI=1S/C27H34/c1-7-19-8-11-23-20(15-19)9-10-21(23)16-22-17-25-24(14-18(22)2)26(3,4)12-13-27(25,5)6/h8,11,14-17H,7,9-10,12-13H2,1-6H3/b21-16+. The van der Waals surface area contributed by atoms with Gasteiger partial charge in [-0.1, -0.05) is 71.0 Å². The van der Waals surface area contributed by atoms with Crippen molar-refractivity contribution in [3.8, 4) is 0 Å². The summed E-state index contributed by atoms with van der Waals surface area (Å²) >= 11 is 0. The molecule has 0 amide bonds. The minimum atomic E-state index is 0.273. The lowest BCUT2D eigenvalue weighted by Crippen LogP contribution is -2.34. The minimum absolute atomic E-state index is 0.273. The van der Waals surface area contributed by atoms with E-state index in [1.54, 1.807) is 11.1 Å². The Balaban J connectivity index is 1.80. The molecule has 0 spiro atoms. The maximum atomic E-state index is 2.51. The van der Waals surface area contributed by atoms with Crippen LogP contribution in [0, 0.1) is 6.92 Å². The lowest BCUT2D eigenvalue weighted by molar-refractivity contribution is 0.331. The summed E-state index contributed by atoms with van der Waals surface area (Å²) in [6.45, 7) is 14.2. The molecule has 0 atom stereocenters. The molecule has 0 radical (unpaired) electrons. The van der Waals surface area contributed by atoms with Gasteiger partial charge >= 0.3 is 0 Å². The van der Waals surface area contributed by atoms with Crippen LogP contribution in [0.3, 0.4) is 0 Å². The van der Waals surface area contributed by atoms with E-state index in [4.69, 9.17) is 0 Å². The Morgan fingerprint density at radius 3 is 2.22 bits per heavy atom. The largest absolute Gasteiger partial charge is 0.0613 e. The van der Waals surface area contributed by atoms with Crippen LogP contribution in [0.2, 0.25) is 0 Å². The fourth-order valence-corrected chi connectivity index (χ4v) is 5.02. The number of benzene rings is 2. The monoisotopic (exact) mass is 358 g/mol. The van der Waals surface area contributed by atoms with Crippen molar-refractivity contribution in [1.29, 1.82) is 0 Å². The molecular formula is C27H34. The molecule has 0 N–H and O–H groups in total. The Labute approximate surface area is 165 Å². The van der Waals surface area contributed by atoms with Crippen molar-refractivity contribution in [2.45, 2.75) is 84.5 Å². The van der Waals surface area contributed by atoms with E-state index in [0.29, 0.717) is 0 Å². The fraction of sp³-hybridized carbons (Fsp3) is 0.481. The van der Waals surface area contributed by atoms with Gasteiger partial charge in [0.05, 0.1) is 0 Å². The topological polar surface area (TPSA) is 0 Å². The number of hydrogen-bond donors (Lipinski definition) is 0. The minimum Gasteiger partial charge on any atom is -0.0613 e. The lowest BCUT2D eigenvalue weighted by Gasteiger charge is -2.42. The molecule has 142 valence electrons. The summed E-state index contributed by atoms with van der Waals surface area (Å²) in [7, 11) is 0. The van der Waals surface area contributed by atoms with E-state index in [1.165, 1.54) is 59.1 Å². The Kier molecular flexibility index (Phi) is 4.37. The van der Waals surface area contributed by atoms with Crippen molar-refractivity contribution < 1.29 is 0 Å². The smallest absolute Gasteiger partial charge is 0.0100 e. The number of rotatable bonds is 2. The molecule has 2 aromatic rings. The van der Waals surface area contributed by atoms with Crippen LogP contribution in [0.1, 0.15) is 92.8 Å². The molecule has 4 rings (SSSR count). The SMILES string of the molecule is CCc1ccc2c(c1)CC/C2=C\c1cc2c(cc1C)C(C)(C)CCC2(C)C. The second kappa shape index (κ2) is 6.36. The maximum absolute atomic E-state index is 2.51. The van der Waals surface area contributed by atoms with Gasteiger partial charge in [0.25, 0.3) is 0 Å². The van der Waals surface area contributed by atoms with E-state index in [0.717, 1.165) is 6.42 Å². The molecule has 27 heavy (non-hydrogen) atoms. The Morgan fingerprint density at radius 1 is 0.889 bits per heavy atom. The quantitative estimate of drug-likeness (QED) is 0.525. The summed E-state index contributed by atoms with van der Waals surface area (Å²) in [6.07, 6.45) is 8.52. The molecular weight excluding hydrogens is 324 g/mol. The van der Waals surface area contributed by atoms with Gasteiger partial charge in [0.1, 0.15) is 0 Å². The van der Waals surface area contributed by atoms with E-state index >= 15 is 0 Å². The third-order valence-electron chi connectivity index (χ3n) is 7.16. The van der Waals surface area contributed by atoms with E-state index in [9.17, 15) is 0 Å². The predicted octanol–water partition coefficient (Wildman–Crippen LogP) is 7.39.